The fraction of sp³-hybridized carbons (Fsp3) is 0.667. The van der Waals surface area contributed by atoms with Gasteiger partial charge in [0.05, 0.1) is 20.0 Å². The van der Waals surface area contributed by atoms with Gasteiger partial charge in [-0.2, -0.15) is 17.2 Å². The van der Waals surface area contributed by atoms with Crippen LogP contribution in [0.15, 0.2) is 0 Å². The van der Waals surface area contributed by atoms with Gasteiger partial charge in [0.2, 0.25) is 0 Å². The maximum atomic E-state index is 12.7. The van der Waals surface area contributed by atoms with Crippen molar-refractivity contribution in [3.63, 3.8) is 0 Å². The normalized spacial score (nSPS) is 11.6. The van der Waals surface area contributed by atoms with Gasteiger partial charge in [-0.1, -0.05) is 0 Å². The highest BCUT2D eigenvalue weighted by atomic mass is 32.2. The Morgan fingerprint density at radius 1 is 1.05 bits per heavy atom. The fourth-order valence-electron chi connectivity index (χ4n) is 0.858. The van der Waals surface area contributed by atoms with E-state index in [2.05, 4.69) is 14.2 Å². The molecule has 0 aromatic carbocycles. The van der Waals surface area contributed by atoms with Gasteiger partial charge in [-0.15, -0.1) is 0 Å². The molecule has 1 N–H and O–H groups in total. The predicted octanol–water partition coefficient (Wildman–Crippen LogP) is -0.493. The molecule has 0 radical (unpaired) electrons. The molecule has 0 unspecified atom stereocenters. The first-order valence-corrected chi connectivity index (χ1v) is 6.71. The Labute approximate surface area is 117 Å². The van der Waals surface area contributed by atoms with Crippen molar-refractivity contribution in [2.45, 2.75) is 18.1 Å². The molecule has 0 saturated heterocycles. The molecule has 122 valence electrons. The van der Waals surface area contributed by atoms with Crippen LogP contribution in [0.2, 0.25) is 0 Å². The van der Waals surface area contributed by atoms with Crippen LogP contribution >= 0.6 is 0 Å². The van der Waals surface area contributed by atoms with Gasteiger partial charge >= 0.3 is 33.3 Å². The van der Waals surface area contributed by atoms with Gasteiger partial charge < -0.3 is 14.2 Å². The summed E-state index contributed by atoms with van der Waals surface area (Å²) in [7, 11) is -4.83. The van der Waals surface area contributed by atoms with Gasteiger partial charge in [0.15, 0.2) is 0 Å². The minimum absolute atomic E-state index is 0.254. The van der Waals surface area contributed by atoms with Crippen LogP contribution in [0.1, 0.15) is 12.8 Å². The van der Waals surface area contributed by atoms with Gasteiger partial charge in [-0.3, -0.25) is 14.1 Å². The minimum Gasteiger partial charge on any atom is -0.469 e. The van der Waals surface area contributed by atoms with Gasteiger partial charge in [-0.25, -0.2) is 4.79 Å². The van der Waals surface area contributed by atoms with Crippen molar-refractivity contribution in [2.75, 3.05) is 20.3 Å². The topological polar surface area (TPSA) is 133 Å². The fourth-order valence-corrected chi connectivity index (χ4v) is 1.13. The smallest absolute Gasteiger partial charge is 0.465 e. The van der Waals surface area contributed by atoms with Crippen molar-refractivity contribution < 1.29 is 50.3 Å². The molecule has 12 heteroatoms. The van der Waals surface area contributed by atoms with Crippen molar-refractivity contribution >= 4 is 28.0 Å². The lowest BCUT2D eigenvalue weighted by Crippen LogP contribution is -2.39. The lowest BCUT2D eigenvalue weighted by atomic mass is 10.3. The van der Waals surface area contributed by atoms with Gasteiger partial charge in [0.25, 0.3) is 0 Å². The van der Waals surface area contributed by atoms with E-state index < -0.39 is 46.5 Å². The highest BCUT2D eigenvalue weighted by Gasteiger charge is 2.54. The minimum atomic E-state index is -5.94. The number of esters is 3. The van der Waals surface area contributed by atoms with Crippen molar-refractivity contribution in [3.8, 4) is 0 Å². The quantitative estimate of drug-likeness (QED) is 0.270. The van der Waals surface area contributed by atoms with Crippen LogP contribution in [0.5, 0.6) is 0 Å². The van der Waals surface area contributed by atoms with Crippen LogP contribution in [0, 0.1) is 0 Å². The van der Waals surface area contributed by atoms with Gasteiger partial charge in [0, 0.05) is 0 Å². The molecule has 0 rings (SSSR count). The van der Waals surface area contributed by atoms with Crippen LogP contribution in [0.3, 0.4) is 0 Å². The number of hydrogen-bond acceptors (Lipinski definition) is 8. The summed E-state index contributed by atoms with van der Waals surface area (Å²) in [6.07, 6.45) is -0.586. The van der Waals surface area contributed by atoms with E-state index in [4.69, 9.17) is 4.55 Å². The number of ether oxygens (including phenoxy) is 3. The average molecular weight is 334 g/mol. The third-order valence-corrected chi connectivity index (χ3v) is 2.72. The standard InChI is InChI=1S/C9H12F2O9S/c1-18-6(12)2-3-7(13)19-4-5-20-8(14)9(10,11)21(15,16)17/h2-5H2,1H3,(H,15,16,17). The highest BCUT2D eigenvalue weighted by molar-refractivity contribution is 7.87. The highest BCUT2D eigenvalue weighted by Crippen LogP contribution is 2.21. The molecule has 21 heavy (non-hydrogen) atoms. The molecule has 0 spiro atoms. The number of alkyl halides is 2. The Morgan fingerprint density at radius 2 is 1.52 bits per heavy atom. The largest absolute Gasteiger partial charge is 0.469 e. The van der Waals surface area contributed by atoms with E-state index in [0.29, 0.717) is 0 Å². The van der Waals surface area contributed by atoms with Crippen LogP contribution < -0.4 is 0 Å². The lowest BCUT2D eigenvalue weighted by molar-refractivity contribution is -0.165. The first-order chi connectivity index (χ1) is 9.52. The Morgan fingerprint density at radius 3 is 2.00 bits per heavy atom. The molecular formula is C9H12F2O9S. The van der Waals surface area contributed by atoms with Crippen LogP contribution in [-0.2, 0) is 38.7 Å². The zero-order valence-electron chi connectivity index (χ0n) is 10.7. The van der Waals surface area contributed by atoms with E-state index in [1.165, 1.54) is 0 Å². The number of hydrogen-bond donors (Lipinski definition) is 1. The Balaban J connectivity index is 4.04. The second-order valence-corrected chi connectivity index (χ2v) is 4.89. The zero-order chi connectivity index (χ0) is 16.7. The summed E-state index contributed by atoms with van der Waals surface area (Å²) >= 11 is 0. The summed E-state index contributed by atoms with van der Waals surface area (Å²) in [4.78, 5) is 32.4. The summed E-state index contributed by atoms with van der Waals surface area (Å²) in [6.45, 7) is -1.48. The van der Waals surface area contributed by atoms with Gasteiger partial charge in [0.1, 0.15) is 13.2 Å². The second kappa shape index (κ2) is 7.83. The van der Waals surface area contributed by atoms with Crippen molar-refractivity contribution in [1.82, 2.24) is 0 Å². The molecule has 0 bridgehead atoms. The molecule has 0 heterocycles. The first kappa shape index (κ1) is 19.2. The summed E-state index contributed by atoms with van der Waals surface area (Å²) in [6, 6.07) is 0. The first-order valence-electron chi connectivity index (χ1n) is 5.27. The molecule has 0 aliphatic heterocycles. The molecular weight excluding hydrogens is 322 g/mol. The van der Waals surface area contributed by atoms with E-state index >= 15 is 0 Å². The third kappa shape index (κ3) is 6.44. The number of methoxy groups -OCH3 is 1. The summed E-state index contributed by atoms with van der Waals surface area (Å²) in [5.41, 5.74) is 0. The summed E-state index contributed by atoms with van der Waals surface area (Å²) < 4.78 is 66.3. The molecule has 0 fully saturated rings. The van der Waals surface area contributed by atoms with E-state index in [9.17, 15) is 31.6 Å². The van der Waals surface area contributed by atoms with E-state index in [-0.39, 0.29) is 12.8 Å². The molecule has 9 nitrogen and oxygen atoms in total. The molecule has 0 aromatic heterocycles. The third-order valence-electron chi connectivity index (χ3n) is 1.90. The van der Waals surface area contributed by atoms with Crippen LogP contribution in [-0.4, -0.2) is 56.5 Å². The summed E-state index contributed by atoms with van der Waals surface area (Å²) in [5, 5.41) is -5.11. The molecule has 0 aromatic rings. The monoisotopic (exact) mass is 334 g/mol. The van der Waals surface area contributed by atoms with Crippen LogP contribution in [0.4, 0.5) is 8.78 Å². The molecule has 0 amide bonds. The molecule has 0 atom stereocenters. The van der Waals surface area contributed by atoms with Crippen molar-refractivity contribution in [1.29, 1.82) is 0 Å². The number of halogens is 2. The Hall–Kier alpha value is -1.82. The number of carbonyl (C=O) groups is 3. The summed E-state index contributed by atoms with van der Waals surface area (Å²) in [5.74, 6) is -4.04. The maximum Gasteiger partial charge on any atom is 0.465 e. The molecule has 0 aliphatic rings. The van der Waals surface area contributed by atoms with E-state index in [1.807, 2.05) is 0 Å². The number of carbonyl (C=O) groups excluding carboxylic acids is 3. The average Bonchev–Trinajstić information content (AvgIpc) is 2.39. The maximum absolute atomic E-state index is 12.7. The SMILES string of the molecule is COC(=O)CCC(=O)OCCOC(=O)C(F)(F)S(=O)(=O)O. The Kier molecular flexibility index (Phi) is 7.15. The second-order valence-electron chi connectivity index (χ2n) is 3.42. The van der Waals surface area contributed by atoms with Gasteiger partial charge in [-0.05, 0) is 0 Å². The van der Waals surface area contributed by atoms with E-state index in [0.717, 1.165) is 7.11 Å². The lowest BCUT2D eigenvalue weighted by Gasteiger charge is -2.11. The van der Waals surface area contributed by atoms with Crippen LogP contribution in [0.25, 0.3) is 0 Å². The zero-order valence-corrected chi connectivity index (χ0v) is 11.5. The van der Waals surface area contributed by atoms with E-state index in [1.54, 1.807) is 0 Å². The number of rotatable bonds is 8. The molecule has 0 aliphatic carbocycles. The van der Waals surface area contributed by atoms with Crippen molar-refractivity contribution in [3.05, 3.63) is 0 Å². The Bertz CT molecular complexity index is 499. The van der Waals surface area contributed by atoms with Crippen molar-refractivity contribution in [2.24, 2.45) is 0 Å². The molecule has 0 saturated carbocycles. The predicted molar refractivity (Wildman–Crippen MR) is 59.7 cm³/mol.